The average molecular weight is 424 g/mol. The van der Waals surface area contributed by atoms with Crippen LogP contribution in [0.4, 0.5) is 0 Å². The first-order valence-corrected chi connectivity index (χ1v) is 10.2. The fourth-order valence-corrected chi connectivity index (χ4v) is 3.40. The van der Waals surface area contributed by atoms with E-state index in [-0.39, 0.29) is 22.6 Å². The highest BCUT2D eigenvalue weighted by Crippen LogP contribution is 2.48. The molecule has 2 aromatic carbocycles. The lowest BCUT2D eigenvalue weighted by Crippen LogP contribution is -2.09. The Bertz CT molecular complexity index is 881. The zero-order valence-electron chi connectivity index (χ0n) is 16.6. The molecule has 156 valence electrons. The van der Waals surface area contributed by atoms with Gasteiger partial charge >= 0.3 is 19.5 Å². The molecule has 0 bridgehead atoms. The molecule has 2 rings (SSSR count). The van der Waals surface area contributed by atoms with Crippen molar-refractivity contribution in [2.45, 2.75) is 0 Å². The lowest BCUT2D eigenvalue weighted by atomic mass is 10.2. The zero-order chi connectivity index (χ0) is 21.6. The lowest BCUT2D eigenvalue weighted by Gasteiger charge is -2.19. The van der Waals surface area contributed by atoms with Crippen LogP contribution in [0.5, 0.6) is 23.0 Å². The van der Waals surface area contributed by atoms with E-state index >= 15 is 0 Å². The number of hydrogen-bond acceptors (Lipinski definition) is 9. The van der Waals surface area contributed by atoms with Gasteiger partial charge in [-0.2, -0.15) is 0 Å². The molecule has 2 aromatic rings. The molecule has 29 heavy (non-hydrogen) atoms. The van der Waals surface area contributed by atoms with E-state index in [0.29, 0.717) is 11.5 Å². The summed E-state index contributed by atoms with van der Waals surface area (Å²) >= 11 is 0. The van der Waals surface area contributed by atoms with Crippen LogP contribution in [-0.2, 0) is 14.0 Å². The first kappa shape index (κ1) is 22.1. The normalized spacial score (nSPS) is 10.7. The molecule has 0 fully saturated rings. The fraction of sp³-hybridized carbons (Fsp3) is 0.263. The Labute approximate surface area is 168 Å². The van der Waals surface area contributed by atoms with Crippen molar-refractivity contribution in [1.82, 2.24) is 0 Å². The summed E-state index contributed by atoms with van der Waals surface area (Å²) in [4.78, 5) is 24.0. The van der Waals surface area contributed by atoms with Gasteiger partial charge in [-0.3, -0.25) is 0 Å². The van der Waals surface area contributed by atoms with Gasteiger partial charge in [-0.15, -0.1) is 0 Å². The first-order valence-electron chi connectivity index (χ1n) is 8.24. The van der Waals surface area contributed by atoms with Crippen molar-refractivity contribution in [2.24, 2.45) is 0 Å². The molecule has 0 aliphatic carbocycles. The summed E-state index contributed by atoms with van der Waals surface area (Å²) in [7, 11) is 1.39. The van der Waals surface area contributed by atoms with E-state index in [1.807, 2.05) is 0 Å². The maximum atomic E-state index is 13.0. The minimum atomic E-state index is -3.88. The van der Waals surface area contributed by atoms with E-state index in [1.54, 1.807) is 0 Å². The molecule has 0 aromatic heterocycles. The Balaban J connectivity index is 2.42. The summed E-state index contributed by atoms with van der Waals surface area (Å²) in [6, 6.07) is 8.61. The predicted octanol–water partition coefficient (Wildman–Crippen LogP) is 3.56. The van der Waals surface area contributed by atoms with Gasteiger partial charge in [0, 0.05) is 12.1 Å². The van der Waals surface area contributed by atoms with E-state index in [0.717, 1.165) is 0 Å². The number of carbonyl (C=O) groups excluding carboxylic acids is 2. The monoisotopic (exact) mass is 424 g/mol. The Morgan fingerprint density at radius 1 is 0.724 bits per heavy atom. The van der Waals surface area contributed by atoms with Gasteiger partial charge in [0.1, 0.15) is 34.1 Å². The van der Waals surface area contributed by atoms with Crippen LogP contribution in [-0.4, -0.2) is 47.0 Å². The van der Waals surface area contributed by atoms with E-state index < -0.39 is 19.5 Å². The van der Waals surface area contributed by atoms with E-state index in [4.69, 9.17) is 28.0 Å². The average Bonchev–Trinajstić information content (AvgIpc) is 2.71. The third-order valence-electron chi connectivity index (χ3n) is 3.72. The second-order valence-corrected chi connectivity index (χ2v) is 7.57. The van der Waals surface area contributed by atoms with Crippen molar-refractivity contribution < 1.29 is 42.1 Å². The number of rotatable bonds is 8. The smallest absolute Gasteiger partial charge is 0.427 e. The highest BCUT2D eigenvalue weighted by molar-refractivity contribution is 7.53. The van der Waals surface area contributed by atoms with Crippen molar-refractivity contribution >= 4 is 19.5 Å². The van der Waals surface area contributed by atoms with Gasteiger partial charge in [0.15, 0.2) is 0 Å². The van der Waals surface area contributed by atoms with Gasteiger partial charge in [0.05, 0.1) is 35.1 Å². The number of ether oxygens (including phenoxy) is 4. The minimum absolute atomic E-state index is 0.0257. The molecule has 0 saturated carbocycles. The third-order valence-corrected chi connectivity index (χ3v) is 4.77. The summed E-state index contributed by atoms with van der Waals surface area (Å²) in [5, 5.41) is 0. The quantitative estimate of drug-likeness (QED) is 0.464. The minimum Gasteiger partial charge on any atom is -0.497 e. The van der Waals surface area contributed by atoms with E-state index in [9.17, 15) is 14.2 Å². The maximum absolute atomic E-state index is 13.0. The highest BCUT2D eigenvalue weighted by Gasteiger charge is 2.27. The molecule has 0 spiro atoms. The first-order chi connectivity index (χ1) is 13.7. The second-order valence-electron chi connectivity index (χ2n) is 5.66. The zero-order valence-corrected chi connectivity index (χ0v) is 17.5. The van der Waals surface area contributed by atoms with Crippen LogP contribution in [0.25, 0.3) is 0 Å². The van der Waals surface area contributed by atoms with Gasteiger partial charge < -0.3 is 28.0 Å². The Kier molecular flexibility index (Phi) is 7.12. The van der Waals surface area contributed by atoms with Crippen LogP contribution in [0.2, 0.25) is 0 Å². The van der Waals surface area contributed by atoms with Gasteiger partial charge in [0.25, 0.3) is 0 Å². The summed E-state index contributed by atoms with van der Waals surface area (Å²) < 4.78 is 43.7. The van der Waals surface area contributed by atoms with Crippen LogP contribution in [0, 0.1) is 0 Å². The summed E-state index contributed by atoms with van der Waals surface area (Å²) in [5.41, 5.74) is 0.0515. The number of esters is 2. The summed E-state index contributed by atoms with van der Waals surface area (Å²) in [5.74, 6) is -0.791. The summed E-state index contributed by atoms with van der Waals surface area (Å²) in [6.07, 6.45) is 0. The second kappa shape index (κ2) is 9.34. The molecule has 9 nitrogen and oxygen atoms in total. The van der Waals surface area contributed by atoms with Gasteiger partial charge in [-0.25, -0.2) is 14.2 Å². The Morgan fingerprint density at radius 3 is 1.41 bits per heavy atom. The third kappa shape index (κ3) is 5.42. The molecule has 0 aliphatic rings. The molecule has 0 N–H and O–H groups in total. The number of carbonyl (C=O) groups is 2. The van der Waals surface area contributed by atoms with E-state index in [2.05, 4.69) is 0 Å². The Hall–Kier alpha value is -3.19. The van der Waals surface area contributed by atoms with E-state index in [1.165, 1.54) is 71.5 Å². The van der Waals surface area contributed by atoms with Gasteiger partial charge in [0.2, 0.25) is 0 Å². The molecule has 0 atom stereocenters. The molecular formula is C19H21O9P. The summed E-state index contributed by atoms with van der Waals surface area (Å²) in [6.45, 7) is 1.19. The van der Waals surface area contributed by atoms with Crippen LogP contribution in [0.3, 0.4) is 0 Å². The fourth-order valence-electron chi connectivity index (χ4n) is 2.34. The molecule has 0 heterocycles. The number of methoxy groups -OCH3 is 4. The number of benzene rings is 2. The molecule has 0 unspecified atom stereocenters. The molecule has 0 saturated heterocycles. The molecule has 0 radical (unpaired) electrons. The predicted molar refractivity (Wildman–Crippen MR) is 103 cm³/mol. The van der Waals surface area contributed by atoms with Crippen molar-refractivity contribution in [2.75, 3.05) is 35.1 Å². The van der Waals surface area contributed by atoms with Crippen LogP contribution >= 0.6 is 7.60 Å². The molecule has 0 aliphatic heterocycles. The van der Waals surface area contributed by atoms with Crippen molar-refractivity contribution in [3.8, 4) is 23.0 Å². The molecule has 10 heteroatoms. The van der Waals surface area contributed by atoms with Gasteiger partial charge in [-0.05, 0) is 24.3 Å². The topological polar surface area (TPSA) is 107 Å². The number of hydrogen-bond donors (Lipinski definition) is 0. The van der Waals surface area contributed by atoms with Crippen molar-refractivity contribution in [3.63, 3.8) is 0 Å². The molecule has 0 amide bonds. The van der Waals surface area contributed by atoms with Crippen LogP contribution in [0.15, 0.2) is 36.4 Å². The van der Waals surface area contributed by atoms with Crippen LogP contribution in [0.1, 0.15) is 20.7 Å². The van der Waals surface area contributed by atoms with Crippen molar-refractivity contribution in [3.05, 3.63) is 47.5 Å². The van der Waals surface area contributed by atoms with Gasteiger partial charge in [-0.1, -0.05) is 0 Å². The SMILES string of the molecule is COC(=O)c1ccc(OC)cc1OP(C)(=O)Oc1cc(OC)ccc1C(=O)OC. The standard InChI is InChI=1S/C19H21O9P/c1-23-12-6-8-14(18(20)25-3)16(10-12)27-29(5,22)28-17-11-13(24-2)7-9-15(17)19(21)26-4/h6-11H,1-5H3. The van der Waals surface area contributed by atoms with Crippen molar-refractivity contribution in [1.29, 1.82) is 0 Å². The largest absolute Gasteiger partial charge is 0.497 e. The Morgan fingerprint density at radius 2 is 1.10 bits per heavy atom. The molecular weight excluding hydrogens is 403 g/mol. The maximum Gasteiger partial charge on any atom is 0.427 e. The van der Waals surface area contributed by atoms with Crippen LogP contribution < -0.4 is 18.5 Å². The highest BCUT2D eigenvalue weighted by atomic mass is 31.2. The lowest BCUT2D eigenvalue weighted by molar-refractivity contribution is 0.0590.